The Hall–Kier alpha value is -2.31. The minimum atomic E-state index is -0.790. The lowest BCUT2D eigenvalue weighted by atomic mass is 10.2. The van der Waals surface area contributed by atoms with Gasteiger partial charge in [-0.3, -0.25) is 0 Å². The summed E-state index contributed by atoms with van der Waals surface area (Å²) in [6.07, 6.45) is -0.790. The minimum absolute atomic E-state index is 0.267. The minimum Gasteiger partial charge on any atom is -0.443 e. The molecule has 0 radical (unpaired) electrons. The van der Waals surface area contributed by atoms with Gasteiger partial charge in [-0.2, -0.15) is 0 Å². The monoisotopic (exact) mass is 269 g/mol. The summed E-state index contributed by atoms with van der Waals surface area (Å²) in [5, 5.41) is 2.34. The fourth-order valence-electron chi connectivity index (χ4n) is 1.14. The maximum absolute atomic E-state index is 12.9. The van der Waals surface area contributed by atoms with Crippen LogP contribution in [0, 0.1) is 5.82 Å². The van der Waals surface area contributed by atoms with E-state index in [2.05, 4.69) is 16.2 Å². The van der Waals surface area contributed by atoms with Gasteiger partial charge in [-0.1, -0.05) is 6.07 Å². The fraction of sp³-hybridized carbons (Fsp3) is 0.333. The summed E-state index contributed by atoms with van der Waals surface area (Å²) < 4.78 is 17.8. The van der Waals surface area contributed by atoms with Gasteiger partial charge in [0.1, 0.15) is 11.4 Å². The molecule has 0 spiro atoms. The maximum Gasteiger partial charge on any atom is 0.426 e. The maximum atomic E-state index is 12.9. The highest BCUT2D eigenvalue weighted by molar-refractivity contribution is 5.90. The van der Waals surface area contributed by atoms with Crippen LogP contribution in [0.25, 0.3) is 0 Å². The van der Waals surface area contributed by atoms with Crippen LogP contribution < -0.4 is 16.2 Å². The van der Waals surface area contributed by atoms with E-state index in [1.54, 1.807) is 20.8 Å². The summed E-state index contributed by atoms with van der Waals surface area (Å²) in [6.45, 7) is 5.08. The number of amides is 3. The lowest BCUT2D eigenvalue weighted by Gasteiger charge is -2.19. The van der Waals surface area contributed by atoms with Crippen LogP contribution >= 0.6 is 0 Å². The van der Waals surface area contributed by atoms with Gasteiger partial charge in [0.2, 0.25) is 0 Å². The first-order chi connectivity index (χ1) is 8.76. The number of ether oxygens (including phenoxy) is 1. The Bertz CT molecular complexity index is 472. The lowest BCUT2D eigenvalue weighted by Crippen LogP contribution is -2.46. The van der Waals surface area contributed by atoms with Crippen molar-refractivity contribution in [3.63, 3.8) is 0 Å². The molecule has 0 fully saturated rings. The third kappa shape index (κ3) is 6.25. The van der Waals surface area contributed by atoms with E-state index in [1.165, 1.54) is 18.2 Å². The van der Waals surface area contributed by atoms with Crippen molar-refractivity contribution >= 4 is 17.8 Å². The van der Waals surface area contributed by atoms with E-state index in [1.807, 2.05) is 0 Å². The molecule has 0 bridgehead atoms. The first-order valence-corrected chi connectivity index (χ1v) is 5.58. The number of hydrogen-bond acceptors (Lipinski definition) is 3. The SMILES string of the molecule is CC(C)(C)OC(=O)NNC(=O)Nc1cccc(F)c1. The van der Waals surface area contributed by atoms with Crippen molar-refractivity contribution < 1.29 is 18.7 Å². The number of hydrogen-bond donors (Lipinski definition) is 3. The second kappa shape index (κ2) is 6.03. The lowest BCUT2D eigenvalue weighted by molar-refractivity contribution is 0.0506. The summed E-state index contributed by atoms with van der Waals surface area (Å²) >= 11 is 0. The molecule has 7 heteroatoms. The molecule has 0 aliphatic rings. The number of benzene rings is 1. The quantitative estimate of drug-likeness (QED) is 0.685. The summed E-state index contributed by atoms with van der Waals surface area (Å²) in [5.41, 5.74) is 3.74. The molecule has 0 aromatic heterocycles. The predicted octanol–water partition coefficient (Wildman–Crippen LogP) is 2.39. The number of carbonyl (C=O) groups excluding carboxylic acids is 2. The molecule has 0 saturated carbocycles. The average molecular weight is 269 g/mol. The Morgan fingerprint density at radius 3 is 2.47 bits per heavy atom. The van der Waals surface area contributed by atoms with Crippen molar-refractivity contribution in [2.45, 2.75) is 26.4 Å². The fourth-order valence-corrected chi connectivity index (χ4v) is 1.14. The zero-order chi connectivity index (χ0) is 14.5. The van der Waals surface area contributed by atoms with Crippen LogP contribution in [0.3, 0.4) is 0 Å². The normalized spacial score (nSPS) is 10.5. The van der Waals surface area contributed by atoms with Gasteiger partial charge >= 0.3 is 12.1 Å². The Morgan fingerprint density at radius 1 is 1.21 bits per heavy atom. The second-order valence-corrected chi connectivity index (χ2v) is 4.72. The van der Waals surface area contributed by atoms with Crippen LogP contribution in [-0.2, 0) is 4.74 Å². The van der Waals surface area contributed by atoms with E-state index in [4.69, 9.17) is 4.74 Å². The standard InChI is InChI=1S/C12H16FN3O3/c1-12(2,3)19-11(18)16-15-10(17)14-9-6-4-5-8(13)7-9/h4-7H,1-3H3,(H,16,18)(H2,14,15,17). The number of urea groups is 1. The smallest absolute Gasteiger partial charge is 0.426 e. The molecule has 3 amide bonds. The van der Waals surface area contributed by atoms with Gasteiger partial charge in [-0.15, -0.1) is 0 Å². The van der Waals surface area contributed by atoms with Crippen LogP contribution in [0.1, 0.15) is 20.8 Å². The molecule has 1 aromatic carbocycles. The van der Waals surface area contributed by atoms with Gasteiger partial charge in [-0.25, -0.2) is 24.8 Å². The first kappa shape index (κ1) is 14.7. The summed E-state index contributed by atoms with van der Waals surface area (Å²) in [7, 11) is 0. The highest BCUT2D eigenvalue weighted by Gasteiger charge is 2.16. The summed E-state index contributed by atoms with van der Waals surface area (Å²) in [4.78, 5) is 22.6. The molecule has 6 nitrogen and oxygen atoms in total. The number of rotatable bonds is 1. The molecule has 0 unspecified atom stereocenters. The van der Waals surface area contributed by atoms with Gasteiger partial charge in [0.05, 0.1) is 0 Å². The van der Waals surface area contributed by atoms with Gasteiger partial charge in [0, 0.05) is 5.69 Å². The second-order valence-electron chi connectivity index (χ2n) is 4.72. The Labute approximate surface area is 110 Å². The predicted molar refractivity (Wildman–Crippen MR) is 67.9 cm³/mol. The molecule has 0 atom stereocenters. The zero-order valence-corrected chi connectivity index (χ0v) is 10.9. The molecule has 0 aliphatic heterocycles. The van der Waals surface area contributed by atoms with E-state index < -0.39 is 23.5 Å². The largest absolute Gasteiger partial charge is 0.443 e. The highest BCUT2D eigenvalue weighted by Crippen LogP contribution is 2.08. The summed E-state index contributed by atoms with van der Waals surface area (Å²) in [6, 6.07) is 4.65. The van der Waals surface area contributed by atoms with E-state index in [-0.39, 0.29) is 5.69 Å². The van der Waals surface area contributed by atoms with Crippen LogP contribution in [-0.4, -0.2) is 17.7 Å². The van der Waals surface area contributed by atoms with E-state index >= 15 is 0 Å². The van der Waals surface area contributed by atoms with E-state index in [0.717, 1.165) is 6.07 Å². The molecular weight excluding hydrogens is 253 g/mol. The zero-order valence-electron chi connectivity index (χ0n) is 10.9. The molecule has 1 aromatic rings. The topological polar surface area (TPSA) is 79.5 Å². The first-order valence-electron chi connectivity index (χ1n) is 5.58. The summed E-state index contributed by atoms with van der Waals surface area (Å²) in [5.74, 6) is -0.474. The van der Waals surface area contributed by atoms with Crippen molar-refractivity contribution in [3.8, 4) is 0 Å². The van der Waals surface area contributed by atoms with Crippen LogP contribution in [0.5, 0.6) is 0 Å². The van der Waals surface area contributed by atoms with Crippen molar-refractivity contribution in [3.05, 3.63) is 30.1 Å². The molecular formula is C12H16FN3O3. The highest BCUT2D eigenvalue weighted by atomic mass is 19.1. The van der Waals surface area contributed by atoms with Crippen LogP contribution in [0.2, 0.25) is 0 Å². The Balaban J connectivity index is 2.38. The van der Waals surface area contributed by atoms with Gasteiger partial charge in [0.25, 0.3) is 0 Å². The third-order valence-electron chi connectivity index (χ3n) is 1.76. The van der Waals surface area contributed by atoms with Crippen LogP contribution in [0.15, 0.2) is 24.3 Å². The number of hydrazine groups is 1. The third-order valence-corrected chi connectivity index (χ3v) is 1.76. The molecule has 0 saturated heterocycles. The van der Waals surface area contributed by atoms with Crippen molar-refractivity contribution in [1.29, 1.82) is 0 Å². The Morgan fingerprint density at radius 2 is 1.89 bits per heavy atom. The van der Waals surface area contributed by atoms with Crippen molar-refractivity contribution in [1.82, 2.24) is 10.9 Å². The van der Waals surface area contributed by atoms with Gasteiger partial charge < -0.3 is 10.1 Å². The van der Waals surface area contributed by atoms with Crippen molar-refractivity contribution in [2.24, 2.45) is 0 Å². The molecule has 19 heavy (non-hydrogen) atoms. The number of halogens is 1. The number of anilines is 1. The molecule has 0 heterocycles. The van der Waals surface area contributed by atoms with E-state index in [0.29, 0.717) is 0 Å². The van der Waals surface area contributed by atoms with Gasteiger partial charge in [-0.05, 0) is 39.0 Å². The van der Waals surface area contributed by atoms with E-state index in [9.17, 15) is 14.0 Å². The Kier molecular flexibility index (Phi) is 4.68. The molecule has 104 valence electrons. The number of nitrogens with one attached hydrogen (secondary N) is 3. The van der Waals surface area contributed by atoms with Crippen LogP contribution in [0.4, 0.5) is 19.7 Å². The van der Waals surface area contributed by atoms with Gasteiger partial charge in [0.15, 0.2) is 0 Å². The molecule has 3 N–H and O–H groups in total. The number of carbonyl (C=O) groups is 2. The average Bonchev–Trinajstić information content (AvgIpc) is 2.24. The molecule has 0 aliphatic carbocycles. The molecule has 1 rings (SSSR count). The van der Waals surface area contributed by atoms with Crippen molar-refractivity contribution in [2.75, 3.05) is 5.32 Å².